The van der Waals surface area contributed by atoms with Crippen molar-refractivity contribution in [3.63, 3.8) is 0 Å². The molecule has 4 heterocycles. The number of hydrogen-bond donors (Lipinski definition) is 4. The van der Waals surface area contributed by atoms with Crippen molar-refractivity contribution in [1.82, 2.24) is 29.7 Å². The summed E-state index contributed by atoms with van der Waals surface area (Å²) < 4.78 is 24.0. The van der Waals surface area contributed by atoms with E-state index in [1.807, 2.05) is 63.5 Å². The molecule has 0 amide bonds. The van der Waals surface area contributed by atoms with Gasteiger partial charge in [0, 0.05) is 92.9 Å². The molecule has 3 unspecified atom stereocenters. The molecule has 0 spiro atoms. The molecule has 4 aliphatic rings. The number of aryl methyl sites for hydroxylation is 1. The molecule has 14 nitrogen and oxygen atoms in total. The Morgan fingerprint density at radius 3 is 2.08 bits per heavy atom. The first-order valence-electron chi connectivity index (χ1n) is 21.6. The Balaban J connectivity index is 0.765. The van der Waals surface area contributed by atoms with Gasteiger partial charge in [0.25, 0.3) is 0 Å². The fourth-order valence-corrected chi connectivity index (χ4v) is 9.35. The molecule has 4 N–H and O–H groups in total. The lowest BCUT2D eigenvalue weighted by Gasteiger charge is -2.20. The minimum Gasteiger partial charge on any atom is -0.493 e. The maximum atomic E-state index is 6.41. The fraction of sp³-hybridized carbons (Fsp3) is 0.556. The van der Waals surface area contributed by atoms with Gasteiger partial charge >= 0.3 is 0 Å². The third kappa shape index (κ3) is 10.2. The highest BCUT2D eigenvalue weighted by molar-refractivity contribution is 5.62. The SMILES string of the molecule is CNc1cc(C)nc(Nc2ccc(OC)c(OC[C@H]3CCN(C4CC4C4CCN(CCCOc5cc(Nc6nc(NC)cc(C7CCCC7)n6)ccc5OC)C4)C3)c2)n1. The van der Waals surface area contributed by atoms with Gasteiger partial charge in [-0.25, -0.2) is 9.97 Å². The van der Waals surface area contributed by atoms with Gasteiger partial charge in [0.2, 0.25) is 11.9 Å². The third-order valence-corrected chi connectivity index (χ3v) is 12.6. The average molecular weight is 807 g/mol. The summed E-state index contributed by atoms with van der Waals surface area (Å²) in [6.45, 7) is 8.90. The van der Waals surface area contributed by atoms with Gasteiger partial charge in [-0.1, -0.05) is 12.8 Å². The largest absolute Gasteiger partial charge is 0.493 e. The summed E-state index contributed by atoms with van der Waals surface area (Å²) in [5, 5.41) is 13.0. The Bertz CT molecular complexity index is 2030. The number of hydrogen-bond acceptors (Lipinski definition) is 14. The van der Waals surface area contributed by atoms with Gasteiger partial charge in [-0.2, -0.15) is 9.97 Å². The summed E-state index contributed by atoms with van der Waals surface area (Å²) in [5.41, 5.74) is 3.72. The highest BCUT2D eigenvalue weighted by atomic mass is 16.5. The van der Waals surface area contributed by atoms with E-state index in [-0.39, 0.29) is 0 Å². The summed E-state index contributed by atoms with van der Waals surface area (Å²) in [6.07, 6.45) is 9.64. The summed E-state index contributed by atoms with van der Waals surface area (Å²) in [7, 11) is 7.13. The zero-order valence-corrected chi connectivity index (χ0v) is 35.4. The molecule has 2 aromatic carbocycles. The van der Waals surface area contributed by atoms with Crippen molar-refractivity contribution in [2.45, 2.75) is 70.3 Å². The topological polar surface area (TPSA) is 143 Å². The molecular weight excluding hydrogens is 745 g/mol. The quantitative estimate of drug-likeness (QED) is 0.0688. The number of anilines is 6. The first-order chi connectivity index (χ1) is 28.9. The van der Waals surface area contributed by atoms with Crippen LogP contribution in [0.15, 0.2) is 48.5 Å². The normalized spacial score (nSPS) is 22.0. The van der Waals surface area contributed by atoms with E-state index in [0.29, 0.717) is 43.0 Å². The Hall–Kier alpha value is -5.08. The maximum absolute atomic E-state index is 6.41. The summed E-state index contributed by atoms with van der Waals surface area (Å²) in [5.74, 6) is 8.23. The lowest BCUT2D eigenvalue weighted by atomic mass is 10.0. The van der Waals surface area contributed by atoms with E-state index < -0.39 is 0 Å². The Morgan fingerprint density at radius 1 is 0.712 bits per heavy atom. The number of aromatic nitrogens is 4. The molecule has 316 valence electrons. The zero-order chi connectivity index (χ0) is 40.7. The van der Waals surface area contributed by atoms with Gasteiger partial charge < -0.3 is 45.1 Å². The first kappa shape index (κ1) is 40.7. The second-order valence-electron chi connectivity index (χ2n) is 16.7. The molecule has 8 rings (SSSR count). The van der Waals surface area contributed by atoms with Crippen molar-refractivity contribution in [1.29, 1.82) is 0 Å². The molecule has 59 heavy (non-hydrogen) atoms. The van der Waals surface area contributed by atoms with E-state index in [4.69, 9.17) is 23.9 Å². The number of ether oxygens (including phenoxy) is 4. The van der Waals surface area contributed by atoms with Crippen LogP contribution < -0.4 is 40.2 Å². The molecular formula is C45H62N10O4. The van der Waals surface area contributed by atoms with Gasteiger partial charge in [0.15, 0.2) is 23.0 Å². The first-order valence-corrected chi connectivity index (χ1v) is 21.6. The van der Waals surface area contributed by atoms with Gasteiger partial charge in [-0.15, -0.1) is 0 Å². The standard InChI is InChI=1S/C45H62N10O4/c1-29-21-42(46-2)52-44(48-29)49-34-12-14-39(57-5)41(23-34)59-28-30-15-19-55(26-30)37-24-35(37)32-16-18-54(27-32)17-8-20-58-40-22-33(11-13-38(40)56-4)50-45-51-36(25-43(47-3)53-45)31-9-6-7-10-31/h11-14,21-23,25,30-32,35,37H,6-10,15-20,24,26-28H2,1-5H3,(H2,46,48,49,52)(H2,47,50,51,53)/t30-,32?,35?,37?/m0/s1. The van der Waals surface area contributed by atoms with E-state index >= 15 is 0 Å². The van der Waals surface area contributed by atoms with Crippen molar-refractivity contribution in [2.75, 3.05) is 95.5 Å². The predicted molar refractivity (Wildman–Crippen MR) is 233 cm³/mol. The predicted octanol–water partition coefficient (Wildman–Crippen LogP) is 7.70. The van der Waals surface area contributed by atoms with Crippen molar-refractivity contribution in [2.24, 2.45) is 17.8 Å². The highest BCUT2D eigenvalue weighted by Gasteiger charge is 2.49. The number of nitrogens with one attached hydrogen (secondary N) is 4. The van der Waals surface area contributed by atoms with Crippen LogP contribution in [0.25, 0.3) is 0 Å². The number of benzene rings is 2. The molecule has 4 aromatic rings. The van der Waals surface area contributed by atoms with Gasteiger partial charge in [-0.3, -0.25) is 4.90 Å². The van der Waals surface area contributed by atoms with E-state index in [0.717, 1.165) is 102 Å². The monoisotopic (exact) mass is 806 g/mol. The van der Waals surface area contributed by atoms with Gasteiger partial charge in [0.05, 0.1) is 33.1 Å². The van der Waals surface area contributed by atoms with E-state index in [9.17, 15) is 0 Å². The average Bonchev–Trinajstić information content (AvgIpc) is 3.63. The Labute approximate surface area is 349 Å². The fourth-order valence-electron chi connectivity index (χ4n) is 9.35. The van der Waals surface area contributed by atoms with Crippen molar-refractivity contribution in [3.05, 3.63) is 59.9 Å². The minimum absolute atomic E-state index is 0.498. The lowest BCUT2D eigenvalue weighted by Crippen LogP contribution is -2.28. The number of likely N-dealkylation sites (tertiary alicyclic amines) is 2. The van der Waals surface area contributed by atoms with Crippen molar-refractivity contribution in [3.8, 4) is 23.0 Å². The summed E-state index contributed by atoms with van der Waals surface area (Å²) in [4.78, 5) is 24.0. The molecule has 4 fully saturated rings. The highest BCUT2D eigenvalue weighted by Crippen LogP contribution is 2.47. The molecule has 2 aliphatic heterocycles. The van der Waals surface area contributed by atoms with E-state index in [2.05, 4.69) is 52.1 Å². The molecule has 2 aromatic heterocycles. The van der Waals surface area contributed by atoms with E-state index in [1.54, 1.807) is 14.2 Å². The smallest absolute Gasteiger partial charge is 0.229 e. The molecule has 0 radical (unpaired) electrons. The molecule has 14 heteroatoms. The minimum atomic E-state index is 0.498. The van der Waals surface area contributed by atoms with Crippen LogP contribution in [0.1, 0.15) is 68.7 Å². The second-order valence-corrected chi connectivity index (χ2v) is 16.7. The van der Waals surface area contributed by atoms with Crippen LogP contribution in [0.3, 0.4) is 0 Å². The molecule has 2 aliphatic carbocycles. The third-order valence-electron chi connectivity index (χ3n) is 12.6. The van der Waals surface area contributed by atoms with Crippen LogP contribution in [0.5, 0.6) is 23.0 Å². The summed E-state index contributed by atoms with van der Waals surface area (Å²) >= 11 is 0. The van der Waals surface area contributed by atoms with Gasteiger partial charge in [0.1, 0.15) is 11.6 Å². The van der Waals surface area contributed by atoms with Crippen LogP contribution in [0.4, 0.5) is 34.9 Å². The molecule has 2 saturated carbocycles. The van der Waals surface area contributed by atoms with Crippen LogP contribution >= 0.6 is 0 Å². The number of rotatable bonds is 19. The van der Waals surface area contributed by atoms with Crippen LogP contribution in [-0.4, -0.2) is 110 Å². The lowest BCUT2D eigenvalue weighted by molar-refractivity contribution is 0.222. The number of methoxy groups -OCH3 is 2. The van der Waals surface area contributed by atoms with Crippen LogP contribution in [0, 0.1) is 24.7 Å². The van der Waals surface area contributed by atoms with Gasteiger partial charge in [-0.05, 0) is 94.6 Å². The summed E-state index contributed by atoms with van der Waals surface area (Å²) in [6, 6.07) is 16.5. The molecule has 2 saturated heterocycles. The molecule has 4 atom stereocenters. The zero-order valence-electron chi connectivity index (χ0n) is 35.4. The maximum Gasteiger partial charge on any atom is 0.229 e. The Kier molecular flexibility index (Phi) is 13.0. The second kappa shape index (κ2) is 18.9. The van der Waals surface area contributed by atoms with Crippen molar-refractivity contribution < 1.29 is 18.9 Å². The van der Waals surface area contributed by atoms with Crippen LogP contribution in [-0.2, 0) is 0 Å². The van der Waals surface area contributed by atoms with Crippen molar-refractivity contribution >= 4 is 34.9 Å². The van der Waals surface area contributed by atoms with E-state index in [1.165, 1.54) is 51.6 Å². The van der Waals surface area contributed by atoms with Crippen LogP contribution in [0.2, 0.25) is 0 Å². The molecule has 0 bridgehead atoms. The Morgan fingerprint density at radius 2 is 1.39 bits per heavy atom. The number of nitrogens with zero attached hydrogens (tertiary/aromatic N) is 6.